The van der Waals surface area contributed by atoms with Gasteiger partial charge in [0.1, 0.15) is 85.8 Å². The van der Waals surface area contributed by atoms with Gasteiger partial charge in [0.2, 0.25) is 0 Å². The lowest BCUT2D eigenvalue weighted by Crippen LogP contribution is -2.17. The fourth-order valence-corrected chi connectivity index (χ4v) is 15.2. The number of benzene rings is 10. The van der Waals surface area contributed by atoms with Gasteiger partial charge in [-0.25, -0.2) is 0 Å². The van der Waals surface area contributed by atoms with Crippen molar-refractivity contribution in [2.24, 2.45) is 41.2 Å². The van der Waals surface area contributed by atoms with Gasteiger partial charge in [-0.05, 0) is 203 Å². The maximum Gasteiger partial charge on any atom is 0.191 e. The lowest BCUT2D eigenvalue weighted by molar-refractivity contribution is 0.296. The van der Waals surface area contributed by atoms with Gasteiger partial charge in [-0.2, -0.15) is 0 Å². The maximum atomic E-state index is 13.8. The molecule has 0 fully saturated rings. The molecule has 14 N–H and O–H groups in total. The predicted octanol–water partition coefficient (Wildman–Crippen LogP) is 21.7. The Kier molecular flexibility index (Phi) is 29.6. The van der Waals surface area contributed by atoms with E-state index in [1.54, 1.807) is 48.5 Å². The second-order valence-corrected chi connectivity index (χ2v) is 38.7. The molecule has 672 valence electrons. The van der Waals surface area contributed by atoms with Crippen LogP contribution in [0.25, 0.3) is 0 Å². The van der Waals surface area contributed by atoms with Crippen LogP contribution in [0.2, 0.25) is 0 Å². The summed E-state index contributed by atoms with van der Waals surface area (Å²) in [4.78, 5) is 0. The molecule has 1 aliphatic carbocycles. The number of phenols is 2. The zero-order valence-corrected chi connectivity index (χ0v) is 76.2. The third-order valence-corrected chi connectivity index (χ3v) is 22.6. The molecule has 10 aromatic carbocycles. The third-order valence-electron chi connectivity index (χ3n) is 22.6. The van der Waals surface area contributed by atoms with Gasteiger partial charge in [-0.1, -0.05) is 287 Å². The molecular weight excluding hydrogens is 1620 g/mol. The number of hydrogen-bond donors (Lipinski definition) is 14. The van der Waals surface area contributed by atoms with Crippen LogP contribution in [0.1, 0.15) is 247 Å². The highest BCUT2D eigenvalue weighted by atomic mass is 16.5. The monoisotopic (exact) mass is 1740 g/mol. The summed E-state index contributed by atoms with van der Waals surface area (Å²) in [7, 11) is 0. The Balaban J connectivity index is 1.23. The first kappa shape index (κ1) is 94.6. The molecule has 12 bridgehead atoms. The number of aromatic hydroxyl groups is 2. The van der Waals surface area contributed by atoms with Gasteiger partial charge in [0.25, 0.3) is 0 Å². The van der Waals surface area contributed by atoms with Crippen molar-refractivity contribution in [3.63, 3.8) is 0 Å². The molecule has 26 nitrogen and oxygen atoms in total. The van der Waals surface area contributed by atoms with E-state index in [9.17, 15) is 51.9 Å². The predicted molar refractivity (Wildman–Crippen MR) is 507 cm³/mol. The van der Waals surface area contributed by atoms with Gasteiger partial charge < -0.3 is 92.1 Å². The van der Waals surface area contributed by atoms with Gasteiger partial charge in [-0.15, -0.1) is 0 Å². The SMILES string of the molecule is CC(C)(C)c1cc2c(O)c(c1)Cc1cc(C(C)(C)C)cc(c1OCc1ccc(NC(/C=N\O)=N/O)cc1)Cc1cc(C(C)(C)C)cc(c1OCc1ccc(NC(/C=N\O)=N/O)cc1)Cc1cc(C(C)(C)C)cc(c1O)Cc1cc(C(C)(C)C)cc(c1OCc1ccc(NC(/C=N/O)=N/O)cc1)Cc1cc(C(C)(C)C)cc(c1OCc1ccc(NC(/C=N\O)=N\O)cc1)C2. The second kappa shape index (κ2) is 40.1. The topological polar surface area (TPSA) is 386 Å². The molecule has 10 aromatic rings. The zero-order chi connectivity index (χ0) is 92.8. The number of nitrogens with one attached hydrogen (secondary N) is 4. The standard InChI is InChI=1S/C102H120N12O14/c1-97(2,3)77-41-65-35-69-45-79(99(7,8)9)49-73(93(69)125-57-61-19-27-83(28-20-61)107-87(111-121)53-103-117)39-75-51-81(101(13,14)15)47-71(95(75)127-59-63-23-31-85(32-24-63)109-89(113-123)55-105-119)37-67-43-78(98(4,5)6)44-68(92(67)116)38-72-48-82(102(16,17)18)52-76(96(72)128-60-64-25-33-86(34-26-64)110-90(114-124)56-106-120)40-74-50-80(100(10,11)12)46-70(36-66(42-77)91(65)115)94(74)126-58-62-21-29-84(30-22-62)108-88(112-122)54-104-118/h19-34,41-56,115-124H,35-40,57-60H2,1-18H3,(H,107,111)(H,108,112)(H,109,113)(H,110,114)/b103-53-,104-54-,105-55-,106-56+. The van der Waals surface area contributed by atoms with E-state index in [-0.39, 0.29) is 99.8 Å². The minimum Gasteiger partial charge on any atom is -0.507 e. The summed E-state index contributed by atoms with van der Waals surface area (Å²) in [6, 6.07) is 55.7. The molecule has 0 spiro atoms. The van der Waals surface area contributed by atoms with Crippen LogP contribution in [0.15, 0.2) is 211 Å². The Hall–Kier alpha value is -14.0. The molecule has 0 atom stereocenters. The van der Waals surface area contributed by atoms with Crippen LogP contribution in [-0.2, 0) is 97.4 Å². The van der Waals surface area contributed by atoms with Crippen molar-refractivity contribution in [1.29, 1.82) is 0 Å². The van der Waals surface area contributed by atoms with Crippen LogP contribution in [0.5, 0.6) is 34.5 Å². The lowest BCUT2D eigenvalue weighted by Gasteiger charge is -2.28. The first-order valence-corrected chi connectivity index (χ1v) is 42.5. The highest BCUT2D eigenvalue weighted by Crippen LogP contribution is 2.47. The van der Waals surface area contributed by atoms with Crippen molar-refractivity contribution >= 4 is 71.0 Å². The Labute approximate surface area is 749 Å². The summed E-state index contributed by atoms with van der Waals surface area (Å²) in [6.45, 7) is 39.5. The fourth-order valence-electron chi connectivity index (χ4n) is 15.2. The number of rotatable bonds is 20. The van der Waals surface area contributed by atoms with Crippen molar-refractivity contribution in [2.45, 2.75) is 222 Å². The molecule has 1 aliphatic rings. The lowest BCUT2D eigenvalue weighted by atomic mass is 9.79. The van der Waals surface area contributed by atoms with Gasteiger partial charge in [0, 0.05) is 61.3 Å². The van der Waals surface area contributed by atoms with E-state index in [0.717, 1.165) is 125 Å². The Morgan fingerprint density at radius 1 is 0.250 bits per heavy atom. The summed E-state index contributed by atoms with van der Waals surface area (Å²) in [5, 5.41) is 141. The first-order chi connectivity index (χ1) is 60.6. The second-order valence-electron chi connectivity index (χ2n) is 38.7. The largest absolute Gasteiger partial charge is 0.507 e. The number of ether oxygens (including phenoxy) is 4. The van der Waals surface area contributed by atoms with Crippen LogP contribution < -0.4 is 40.2 Å². The van der Waals surface area contributed by atoms with Gasteiger partial charge in [-0.3, -0.25) is 0 Å². The normalized spacial score (nSPS) is 13.7. The molecule has 0 aliphatic heterocycles. The fraction of sp³-hybridized carbons (Fsp3) is 0.333. The van der Waals surface area contributed by atoms with E-state index < -0.39 is 32.5 Å². The molecule has 0 aromatic heterocycles. The quantitative estimate of drug-likeness (QED) is 0.0146. The molecule has 0 amide bonds. The summed E-state index contributed by atoms with van der Waals surface area (Å²) in [5.74, 6) is 2.11. The molecule has 0 heterocycles. The van der Waals surface area contributed by atoms with E-state index >= 15 is 0 Å². The van der Waals surface area contributed by atoms with Gasteiger partial charge >= 0.3 is 0 Å². The molecule has 0 radical (unpaired) electrons. The maximum absolute atomic E-state index is 13.8. The number of fused-ring (bicyclic) bond motifs is 12. The van der Waals surface area contributed by atoms with E-state index in [0.29, 0.717) is 68.0 Å². The molecular formula is C102H120N12O14. The van der Waals surface area contributed by atoms with Crippen molar-refractivity contribution < 1.29 is 70.8 Å². The number of hydrogen-bond acceptors (Lipinski definition) is 22. The van der Waals surface area contributed by atoms with Gasteiger partial charge in [0.05, 0.1) is 0 Å². The van der Waals surface area contributed by atoms with E-state index in [2.05, 4.69) is 260 Å². The molecule has 0 saturated heterocycles. The molecule has 11 rings (SSSR count). The van der Waals surface area contributed by atoms with Crippen LogP contribution in [0, 0.1) is 0 Å². The minimum atomic E-state index is -0.468. The number of phenolic OH excluding ortho intramolecular Hbond substituents is 2. The smallest absolute Gasteiger partial charge is 0.191 e. The summed E-state index contributed by atoms with van der Waals surface area (Å²) < 4.78 is 29.8. The zero-order valence-electron chi connectivity index (χ0n) is 76.2. The van der Waals surface area contributed by atoms with Crippen molar-refractivity contribution in [1.82, 2.24) is 0 Å². The highest BCUT2D eigenvalue weighted by Gasteiger charge is 2.32. The number of oxime groups is 8. The Bertz CT molecular complexity index is 5180. The van der Waals surface area contributed by atoms with E-state index in [1.807, 2.05) is 48.5 Å². The van der Waals surface area contributed by atoms with Crippen LogP contribution in [-0.4, -0.2) is 100 Å². The summed E-state index contributed by atoms with van der Waals surface area (Å²) in [5.41, 5.74) is 17.6. The van der Waals surface area contributed by atoms with Crippen molar-refractivity contribution in [3.05, 3.63) is 292 Å². The van der Waals surface area contributed by atoms with Crippen LogP contribution in [0.3, 0.4) is 0 Å². The molecule has 0 unspecified atom stereocenters. The number of anilines is 4. The van der Waals surface area contributed by atoms with E-state index in [4.69, 9.17) is 18.9 Å². The Morgan fingerprint density at radius 3 is 0.539 bits per heavy atom. The molecule has 26 heteroatoms. The minimum absolute atomic E-state index is 0.0724. The van der Waals surface area contributed by atoms with Crippen molar-refractivity contribution in [3.8, 4) is 34.5 Å². The van der Waals surface area contributed by atoms with E-state index in [1.165, 1.54) is 0 Å². The average molecular weight is 1740 g/mol. The summed E-state index contributed by atoms with van der Waals surface area (Å²) >= 11 is 0. The highest BCUT2D eigenvalue weighted by molar-refractivity contribution is 6.36. The summed E-state index contributed by atoms with van der Waals surface area (Å²) in [6.07, 6.45) is 5.17. The average Bonchev–Trinajstić information content (AvgIpc) is 0.765. The van der Waals surface area contributed by atoms with Gasteiger partial charge in [0.15, 0.2) is 23.3 Å². The molecule has 128 heavy (non-hydrogen) atoms. The van der Waals surface area contributed by atoms with Crippen molar-refractivity contribution in [2.75, 3.05) is 21.3 Å². The number of nitrogens with zero attached hydrogens (tertiary/aromatic N) is 8. The first-order valence-electron chi connectivity index (χ1n) is 42.5. The molecule has 0 saturated carbocycles. The number of amidine groups is 4. The van der Waals surface area contributed by atoms with Crippen LogP contribution >= 0.6 is 0 Å². The Morgan fingerprint density at radius 2 is 0.398 bits per heavy atom. The third kappa shape index (κ3) is 24.3. The van der Waals surface area contributed by atoms with Crippen LogP contribution in [0.4, 0.5) is 22.7 Å².